The lowest BCUT2D eigenvalue weighted by molar-refractivity contribution is 0.270. The summed E-state index contributed by atoms with van der Waals surface area (Å²) in [5, 5.41) is 4.42. The molecule has 1 heterocycles. The molecule has 1 aliphatic heterocycles. The smallest absolute Gasteiger partial charge is 0.211 e. The molecule has 1 aliphatic rings. The molecule has 5 nitrogen and oxygen atoms in total. The molecule has 0 spiro atoms. The van der Waals surface area contributed by atoms with E-state index in [9.17, 15) is 8.42 Å². The molecule has 1 fully saturated rings. The van der Waals surface area contributed by atoms with Gasteiger partial charge in [-0.05, 0) is 24.4 Å². The third-order valence-electron chi connectivity index (χ3n) is 3.19. The van der Waals surface area contributed by atoms with Gasteiger partial charge in [0.05, 0.1) is 22.0 Å². The second kappa shape index (κ2) is 6.66. The Balaban J connectivity index is 1.98. The Labute approximate surface area is 139 Å². The van der Waals surface area contributed by atoms with Crippen LogP contribution in [0.1, 0.15) is 0 Å². The maximum Gasteiger partial charge on any atom is 0.211 e. The van der Waals surface area contributed by atoms with Gasteiger partial charge < -0.3 is 10.2 Å². The summed E-state index contributed by atoms with van der Waals surface area (Å²) in [5.41, 5.74) is 0.639. The monoisotopic (exact) mass is 367 g/mol. The van der Waals surface area contributed by atoms with E-state index in [4.69, 9.17) is 35.4 Å². The highest BCUT2D eigenvalue weighted by atomic mass is 35.5. The Bertz CT molecular complexity index is 644. The zero-order valence-corrected chi connectivity index (χ0v) is 14.5. The van der Waals surface area contributed by atoms with Crippen LogP contribution in [0.2, 0.25) is 10.0 Å². The van der Waals surface area contributed by atoms with Crippen molar-refractivity contribution < 1.29 is 8.42 Å². The quantitative estimate of drug-likeness (QED) is 0.812. The minimum Gasteiger partial charge on any atom is -0.346 e. The highest BCUT2D eigenvalue weighted by Gasteiger charge is 2.24. The molecule has 1 saturated heterocycles. The van der Waals surface area contributed by atoms with Gasteiger partial charge in [0.25, 0.3) is 0 Å². The number of nitrogens with zero attached hydrogens (tertiary/aromatic N) is 2. The van der Waals surface area contributed by atoms with E-state index >= 15 is 0 Å². The molecule has 1 aromatic carbocycles. The van der Waals surface area contributed by atoms with Crippen molar-refractivity contribution in [1.82, 2.24) is 9.21 Å². The van der Waals surface area contributed by atoms with Crippen LogP contribution >= 0.6 is 35.4 Å². The van der Waals surface area contributed by atoms with Crippen molar-refractivity contribution in [3.05, 3.63) is 28.2 Å². The first-order valence-corrected chi connectivity index (χ1v) is 9.25. The van der Waals surface area contributed by atoms with Crippen molar-refractivity contribution in [2.75, 3.05) is 37.8 Å². The van der Waals surface area contributed by atoms with Gasteiger partial charge in [-0.1, -0.05) is 29.3 Å². The summed E-state index contributed by atoms with van der Waals surface area (Å²) in [7, 11) is -3.14. The summed E-state index contributed by atoms with van der Waals surface area (Å²) in [5.74, 6) is 0. The number of rotatable bonds is 2. The SMILES string of the molecule is CS(=O)(=O)N1CCN(C(=S)Nc2cccc(Cl)c2Cl)CC1. The molecule has 1 aromatic rings. The van der Waals surface area contributed by atoms with E-state index in [0.29, 0.717) is 47.0 Å². The maximum atomic E-state index is 11.5. The van der Waals surface area contributed by atoms with Crippen molar-refractivity contribution in [3.8, 4) is 0 Å². The van der Waals surface area contributed by atoms with E-state index in [0.717, 1.165) is 0 Å². The van der Waals surface area contributed by atoms with Crippen molar-refractivity contribution in [2.45, 2.75) is 0 Å². The Morgan fingerprint density at radius 2 is 1.86 bits per heavy atom. The molecule has 0 saturated carbocycles. The highest BCUT2D eigenvalue weighted by molar-refractivity contribution is 7.88. The maximum absolute atomic E-state index is 11.5. The average molecular weight is 368 g/mol. The number of hydrogen-bond donors (Lipinski definition) is 1. The Morgan fingerprint density at radius 3 is 2.43 bits per heavy atom. The van der Waals surface area contributed by atoms with E-state index in [1.54, 1.807) is 18.2 Å². The van der Waals surface area contributed by atoms with Crippen LogP contribution in [0, 0.1) is 0 Å². The van der Waals surface area contributed by atoms with E-state index in [1.165, 1.54) is 10.6 Å². The summed E-state index contributed by atoms with van der Waals surface area (Å²) >= 11 is 17.4. The third-order valence-corrected chi connectivity index (χ3v) is 5.67. The van der Waals surface area contributed by atoms with Crippen LogP contribution in [0.15, 0.2) is 18.2 Å². The van der Waals surface area contributed by atoms with Gasteiger partial charge in [0.1, 0.15) is 0 Å². The molecule has 0 bridgehead atoms. The molecule has 21 heavy (non-hydrogen) atoms. The topological polar surface area (TPSA) is 52.7 Å². The number of sulfonamides is 1. The van der Waals surface area contributed by atoms with Gasteiger partial charge in [-0.15, -0.1) is 0 Å². The van der Waals surface area contributed by atoms with Crippen LogP contribution in [0.25, 0.3) is 0 Å². The average Bonchev–Trinajstić information content (AvgIpc) is 2.43. The second-order valence-electron chi connectivity index (χ2n) is 4.68. The number of piperazine rings is 1. The lowest BCUT2D eigenvalue weighted by atomic mass is 10.3. The van der Waals surface area contributed by atoms with Gasteiger partial charge in [0.15, 0.2) is 5.11 Å². The predicted molar refractivity (Wildman–Crippen MR) is 90.7 cm³/mol. The van der Waals surface area contributed by atoms with Crippen LogP contribution < -0.4 is 5.32 Å². The van der Waals surface area contributed by atoms with E-state index in [1.807, 2.05) is 4.90 Å². The molecule has 0 aromatic heterocycles. The molecule has 9 heteroatoms. The minimum atomic E-state index is -3.14. The standard InChI is InChI=1S/C12H15Cl2N3O2S2/c1-21(18,19)17-7-5-16(6-8-17)12(20)15-10-4-2-3-9(13)11(10)14/h2-4H,5-8H2,1H3,(H,15,20). The Kier molecular flexibility index (Phi) is 5.32. The molecule has 0 amide bonds. The molecule has 1 N–H and O–H groups in total. The first kappa shape index (κ1) is 16.8. The van der Waals surface area contributed by atoms with Crippen LogP contribution in [-0.2, 0) is 10.0 Å². The van der Waals surface area contributed by atoms with Crippen molar-refractivity contribution in [3.63, 3.8) is 0 Å². The second-order valence-corrected chi connectivity index (χ2v) is 7.83. The third kappa shape index (κ3) is 4.20. The number of hydrogen-bond acceptors (Lipinski definition) is 3. The molecule has 0 unspecified atom stereocenters. The van der Waals surface area contributed by atoms with Gasteiger partial charge >= 0.3 is 0 Å². The fourth-order valence-electron chi connectivity index (χ4n) is 2.02. The van der Waals surface area contributed by atoms with Crippen LogP contribution in [-0.4, -0.2) is 55.2 Å². The molecular weight excluding hydrogens is 353 g/mol. The summed E-state index contributed by atoms with van der Waals surface area (Å²) in [6.45, 7) is 1.92. The van der Waals surface area contributed by atoms with Crippen molar-refractivity contribution >= 4 is 56.2 Å². The fourth-order valence-corrected chi connectivity index (χ4v) is 3.48. The molecular formula is C12H15Cl2N3O2S2. The zero-order valence-electron chi connectivity index (χ0n) is 11.3. The summed E-state index contributed by atoms with van der Waals surface area (Å²) < 4.78 is 24.4. The fraction of sp³-hybridized carbons (Fsp3) is 0.417. The van der Waals surface area contributed by atoms with E-state index < -0.39 is 10.0 Å². The summed E-state index contributed by atoms with van der Waals surface area (Å²) in [6.07, 6.45) is 1.21. The first-order valence-electron chi connectivity index (χ1n) is 6.24. The molecule has 0 aliphatic carbocycles. The number of thiocarbonyl (C=S) groups is 1. The number of anilines is 1. The molecule has 116 valence electrons. The van der Waals surface area contributed by atoms with Gasteiger partial charge in [0.2, 0.25) is 10.0 Å². The lowest BCUT2D eigenvalue weighted by Gasteiger charge is -2.34. The van der Waals surface area contributed by atoms with Gasteiger partial charge in [-0.3, -0.25) is 0 Å². The zero-order chi connectivity index (χ0) is 15.6. The summed E-state index contributed by atoms with van der Waals surface area (Å²) in [4.78, 5) is 1.91. The van der Waals surface area contributed by atoms with Gasteiger partial charge in [-0.2, -0.15) is 4.31 Å². The van der Waals surface area contributed by atoms with Crippen LogP contribution in [0.3, 0.4) is 0 Å². The first-order chi connectivity index (χ1) is 9.79. The summed E-state index contributed by atoms with van der Waals surface area (Å²) in [6, 6.07) is 5.26. The number of halogens is 2. The van der Waals surface area contributed by atoms with Crippen LogP contribution in [0.5, 0.6) is 0 Å². The lowest BCUT2D eigenvalue weighted by Crippen LogP contribution is -2.51. The Morgan fingerprint density at radius 1 is 1.24 bits per heavy atom. The van der Waals surface area contributed by atoms with Crippen molar-refractivity contribution in [2.24, 2.45) is 0 Å². The molecule has 0 radical (unpaired) electrons. The molecule has 0 atom stereocenters. The van der Waals surface area contributed by atoms with Gasteiger partial charge in [0, 0.05) is 26.2 Å². The normalized spacial score (nSPS) is 16.8. The van der Waals surface area contributed by atoms with E-state index in [2.05, 4.69) is 5.32 Å². The highest BCUT2D eigenvalue weighted by Crippen LogP contribution is 2.29. The Hall–Kier alpha value is -0.600. The number of benzene rings is 1. The minimum absolute atomic E-state index is 0.413. The largest absolute Gasteiger partial charge is 0.346 e. The predicted octanol–water partition coefficient (Wildman–Crippen LogP) is 2.27. The van der Waals surface area contributed by atoms with E-state index in [-0.39, 0.29) is 0 Å². The van der Waals surface area contributed by atoms with Gasteiger partial charge in [-0.25, -0.2) is 8.42 Å². The van der Waals surface area contributed by atoms with Crippen molar-refractivity contribution in [1.29, 1.82) is 0 Å². The molecule has 2 rings (SSSR count). The number of nitrogens with one attached hydrogen (secondary N) is 1. The van der Waals surface area contributed by atoms with Crippen LogP contribution in [0.4, 0.5) is 5.69 Å².